The molecule has 2 nitrogen and oxygen atoms in total. The molecule has 0 spiro atoms. The summed E-state index contributed by atoms with van der Waals surface area (Å²) in [6.45, 7) is 6.45. The highest BCUT2D eigenvalue weighted by atomic mass is 127. The highest BCUT2D eigenvalue weighted by Crippen LogP contribution is 2.27. The molecule has 0 aliphatic rings. The number of hydrogen-bond acceptors (Lipinski definition) is 1. The van der Waals surface area contributed by atoms with Gasteiger partial charge in [0, 0.05) is 11.6 Å². The van der Waals surface area contributed by atoms with Crippen LogP contribution in [0.3, 0.4) is 0 Å². The predicted molar refractivity (Wildman–Crippen MR) is 76.0 cm³/mol. The van der Waals surface area contributed by atoms with Crippen molar-refractivity contribution < 1.29 is 0 Å². The normalized spacial score (nSPS) is 12.0. The van der Waals surface area contributed by atoms with Crippen molar-refractivity contribution in [1.29, 1.82) is 0 Å². The van der Waals surface area contributed by atoms with Gasteiger partial charge in [0.15, 0.2) is 0 Å². The van der Waals surface area contributed by atoms with E-state index in [0.29, 0.717) is 0 Å². The third-order valence-electron chi connectivity index (χ3n) is 2.68. The van der Waals surface area contributed by atoms with Gasteiger partial charge in [-0.1, -0.05) is 32.9 Å². The number of rotatable bonds is 0. The SMILES string of the molecule is CC(C)(C)c1cccc2c(=O)c(I)c[nH]c12. The van der Waals surface area contributed by atoms with Crippen LogP contribution in [0.5, 0.6) is 0 Å². The molecule has 1 heterocycles. The molecule has 1 aromatic carbocycles. The zero-order valence-corrected chi connectivity index (χ0v) is 11.8. The molecule has 3 heteroatoms. The zero-order valence-electron chi connectivity index (χ0n) is 9.60. The van der Waals surface area contributed by atoms with Crippen molar-refractivity contribution in [3.8, 4) is 0 Å². The van der Waals surface area contributed by atoms with Crippen molar-refractivity contribution >= 4 is 33.5 Å². The molecule has 0 amide bonds. The Hall–Kier alpha value is -0.840. The molecule has 0 fully saturated rings. The third kappa shape index (κ3) is 1.88. The van der Waals surface area contributed by atoms with Crippen LogP contribution in [0, 0.1) is 3.57 Å². The fourth-order valence-electron chi connectivity index (χ4n) is 1.85. The van der Waals surface area contributed by atoms with Crippen LogP contribution >= 0.6 is 22.6 Å². The van der Waals surface area contributed by atoms with Crippen molar-refractivity contribution in [3.05, 3.63) is 43.8 Å². The van der Waals surface area contributed by atoms with E-state index in [9.17, 15) is 4.79 Å². The lowest BCUT2D eigenvalue weighted by Crippen LogP contribution is -2.15. The molecule has 2 rings (SSSR count). The molecule has 84 valence electrons. The van der Waals surface area contributed by atoms with Gasteiger partial charge in [-0.15, -0.1) is 0 Å². The van der Waals surface area contributed by atoms with Gasteiger partial charge >= 0.3 is 0 Å². The van der Waals surface area contributed by atoms with Gasteiger partial charge in [-0.05, 0) is 39.6 Å². The topological polar surface area (TPSA) is 32.9 Å². The molecule has 0 aliphatic carbocycles. The number of fused-ring (bicyclic) bond motifs is 1. The minimum Gasteiger partial charge on any atom is -0.360 e. The molecule has 0 saturated heterocycles. The first-order valence-corrected chi connectivity index (χ1v) is 6.29. The molecule has 0 radical (unpaired) electrons. The van der Waals surface area contributed by atoms with E-state index in [0.717, 1.165) is 14.5 Å². The Balaban J connectivity index is 2.91. The van der Waals surface area contributed by atoms with Gasteiger partial charge in [-0.3, -0.25) is 4.79 Å². The van der Waals surface area contributed by atoms with E-state index in [-0.39, 0.29) is 10.8 Å². The lowest BCUT2D eigenvalue weighted by molar-refractivity contribution is 0.594. The smallest absolute Gasteiger partial charge is 0.202 e. The summed E-state index contributed by atoms with van der Waals surface area (Å²) >= 11 is 2.06. The van der Waals surface area contributed by atoms with Crippen molar-refractivity contribution in [2.75, 3.05) is 0 Å². The van der Waals surface area contributed by atoms with Crippen molar-refractivity contribution in [3.63, 3.8) is 0 Å². The third-order valence-corrected chi connectivity index (χ3v) is 3.48. The van der Waals surface area contributed by atoms with Gasteiger partial charge in [0.05, 0.1) is 9.09 Å². The molecule has 2 aromatic rings. The number of H-pyrrole nitrogens is 1. The van der Waals surface area contributed by atoms with E-state index < -0.39 is 0 Å². The van der Waals surface area contributed by atoms with Gasteiger partial charge in [0.1, 0.15) is 0 Å². The largest absolute Gasteiger partial charge is 0.360 e. The lowest BCUT2D eigenvalue weighted by atomic mass is 9.85. The number of halogens is 1. The first-order valence-electron chi connectivity index (χ1n) is 5.21. The fraction of sp³-hybridized carbons (Fsp3) is 0.308. The molecule has 16 heavy (non-hydrogen) atoms. The van der Waals surface area contributed by atoms with Gasteiger partial charge in [-0.2, -0.15) is 0 Å². The predicted octanol–water partition coefficient (Wildman–Crippen LogP) is 3.43. The molecule has 0 unspecified atom stereocenters. The lowest BCUT2D eigenvalue weighted by Gasteiger charge is -2.20. The average Bonchev–Trinajstić information content (AvgIpc) is 2.21. The summed E-state index contributed by atoms with van der Waals surface area (Å²) in [7, 11) is 0. The van der Waals surface area contributed by atoms with E-state index >= 15 is 0 Å². The highest BCUT2D eigenvalue weighted by molar-refractivity contribution is 14.1. The Morgan fingerprint density at radius 2 is 1.94 bits per heavy atom. The standard InChI is InChI=1S/C13H14INO/c1-13(2,3)9-6-4-5-8-11(9)15-7-10(14)12(8)16/h4-7H,1-3H3,(H,15,16). The quantitative estimate of drug-likeness (QED) is 0.739. The van der Waals surface area contributed by atoms with E-state index in [1.54, 1.807) is 6.20 Å². The maximum Gasteiger partial charge on any atom is 0.202 e. The van der Waals surface area contributed by atoms with Crippen LogP contribution in [-0.2, 0) is 5.41 Å². The van der Waals surface area contributed by atoms with E-state index in [1.807, 2.05) is 12.1 Å². The summed E-state index contributed by atoms with van der Waals surface area (Å²) in [6.07, 6.45) is 1.78. The van der Waals surface area contributed by atoms with Crippen LogP contribution in [-0.4, -0.2) is 4.98 Å². The van der Waals surface area contributed by atoms with Crippen molar-refractivity contribution in [2.45, 2.75) is 26.2 Å². The van der Waals surface area contributed by atoms with E-state index in [2.05, 4.69) is 54.4 Å². The molecule has 1 N–H and O–H groups in total. The molecular formula is C13H14INO. The van der Waals surface area contributed by atoms with Gasteiger partial charge in [-0.25, -0.2) is 0 Å². The van der Waals surface area contributed by atoms with Crippen LogP contribution in [0.25, 0.3) is 10.9 Å². The molecule has 0 aliphatic heterocycles. The Morgan fingerprint density at radius 1 is 1.25 bits per heavy atom. The van der Waals surface area contributed by atoms with Crippen LogP contribution in [0.1, 0.15) is 26.3 Å². The first kappa shape index (κ1) is 11.6. The second kappa shape index (κ2) is 3.87. The van der Waals surface area contributed by atoms with Crippen LogP contribution in [0.2, 0.25) is 0 Å². The number of nitrogens with one attached hydrogen (secondary N) is 1. The molecular weight excluding hydrogens is 313 g/mol. The molecule has 0 bridgehead atoms. The Bertz CT molecular complexity index is 593. The average molecular weight is 327 g/mol. The second-order valence-corrected chi connectivity index (χ2v) is 6.11. The number of para-hydroxylation sites is 1. The number of aromatic amines is 1. The van der Waals surface area contributed by atoms with E-state index in [4.69, 9.17) is 0 Å². The summed E-state index contributed by atoms with van der Waals surface area (Å²) in [5, 5.41) is 0.777. The monoisotopic (exact) mass is 327 g/mol. The number of benzene rings is 1. The number of aromatic nitrogens is 1. The van der Waals surface area contributed by atoms with Crippen LogP contribution in [0.15, 0.2) is 29.2 Å². The molecule has 0 atom stereocenters. The summed E-state index contributed by atoms with van der Waals surface area (Å²) in [4.78, 5) is 15.2. The Morgan fingerprint density at radius 3 is 2.56 bits per heavy atom. The van der Waals surface area contributed by atoms with Crippen molar-refractivity contribution in [2.24, 2.45) is 0 Å². The van der Waals surface area contributed by atoms with Crippen molar-refractivity contribution in [1.82, 2.24) is 4.98 Å². The number of pyridine rings is 1. The summed E-state index contributed by atoms with van der Waals surface area (Å²) < 4.78 is 0.733. The van der Waals surface area contributed by atoms with E-state index in [1.165, 1.54) is 5.56 Å². The summed E-state index contributed by atoms with van der Waals surface area (Å²) in [5.41, 5.74) is 2.29. The molecule has 1 aromatic heterocycles. The number of hydrogen-bond donors (Lipinski definition) is 1. The van der Waals surface area contributed by atoms with Crippen LogP contribution in [0.4, 0.5) is 0 Å². The second-order valence-electron chi connectivity index (χ2n) is 4.94. The highest BCUT2D eigenvalue weighted by Gasteiger charge is 2.17. The van der Waals surface area contributed by atoms with Gasteiger partial charge in [0.25, 0.3) is 0 Å². The first-order chi connectivity index (χ1) is 7.41. The summed E-state index contributed by atoms with van der Waals surface area (Å²) in [5.74, 6) is 0. The summed E-state index contributed by atoms with van der Waals surface area (Å²) in [6, 6.07) is 5.91. The van der Waals surface area contributed by atoms with Crippen LogP contribution < -0.4 is 5.43 Å². The minimum absolute atomic E-state index is 0.0369. The maximum atomic E-state index is 12.0. The Labute approximate surface area is 108 Å². The Kier molecular flexibility index (Phi) is 2.82. The minimum atomic E-state index is 0.0369. The zero-order chi connectivity index (χ0) is 11.9. The van der Waals surface area contributed by atoms with Gasteiger partial charge < -0.3 is 4.98 Å². The fourth-order valence-corrected chi connectivity index (χ4v) is 2.30. The van der Waals surface area contributed by atoms with Gasteiger partial charge in [0.2, 0.25) is 5.43 Å². The molecule has 0 saturated carbocycles. The maximum absolute atomic E-state index is 12.0.